The molecule has 12 heavy (non-hydrogen) atoms. The second kappa shape index (κ2) is 4.50. The molecule has 0 heterocycles. The molecule has 0 aliphatic rings. The van der Waals surface area contributed by atoms with Crippen LogP contribution in [0, 0.1) is 6.92 Å². The van der Waals surface area contributed by atoms with Gasteiger partial charge in [0.05, 0.1) is 10.0 Å². The molecule has 0 amide bonds. The average Bonchev–Trinajstić information content (AvgIpc) is 2.08. The second-order valence-electron chi connectivity index (χ2n) is 2.49. The Kier molecular flexibility index (Phi) is 3.88. The summed E-state index contributed by atoms with van der Waals surface area (Å²) in [5.74, 6) is 0.149. The molecule has 0 aliphatic heterocycles. The van der Waals surface area contributed by atoms with E-state index >= 15 is 0 Å². The SMILES string of the molecule is [CH2]C(CBr)c1cccc(Cl)c1Cl. The van der Waals surface area contributed by atoms with Crippen LogP contribution in [0.1, 0.15) is 11.5 Å². The fourth-order valence-corrected chi connectivity index (χ4v) is 1.73. The van der Waals surface area contributed by atoms with Gasteiger partial charge in [-0.05, 0) is 24.5 Å². The van der Waals surface area contributed by atoms with Gasteiger partial charge < -0.3 is 0 Å². The van der Waals surface area contributed by atoms with E-state index in [9.17, 15) is 0 Å². The molecule has 1 aromatic rings. The molecule has 0 aliphatic carbocycles. The molecule has 0 fully saturated rings. The Balaban J connectivity index is 3.07. The first-order chi connectivity index (χ1) is 5.66. The summed E-state index contributed by atoms with van der Waals surface area (Å²) in [5.41, 5.74) is 0.987. The van der Waals surface area contributed by atoms with Gasteiger partial charge in [0, 0.05) is 5.33 Å². The number of alkyl halides is 1. The largest absolute Gasteiger partial charge is 0.0921 e. The van der Waals surface area contributed by atoms with Crippen molar-refractivity contribution in [3.8, 4) is 0 Å². The quantitative estimate of drug-likeness (QED) is 0.700. The minimum Gasteiger partial charge on any atom is -0.0921 e. The van der Waals surface area contributed by atoms with Gasteiger partial charge in [0.1, 0.15) is 0 Å². The molecule has 0 nitrogen and oxygen atoms in total. The van der Waals surface area contributed by atoms with Gasteiger partial charge in [-0.2, -0.15) is 0 Å². The van der Waals surface area contributed by atoms with Crippen molar-refractivity contribution in [1.82, 2.24) is 0 Å². The Hall–Kier alpha value is 0.280. The van der Waals surface area contributed by atoms with Crippen LogP contribution in [0.25, 0.3) is 0 Å². The lowest BCUT2D eigenvalue weighted by atomic mass is 10.0. The maximum Gasteiger partial charge on any atom is 0.0627 e. The van der Waals surface area contributed by atoms with Crippen LogP contribution < -0.4 is 0 Å². The molecule has 0 bridgehead atoms. The molecular formula is C9H8BrCl2. The molecule has 1 radical (unpaired) electrons. The van der Waals surface area contributed by atoms with Crippen LogP contribution in [0.5, 0.6) is 0 Å². The molecule has 1 atom stereocenters. The second-order valence-corrected chi connectivity index (χ2v) is 3.93. The van der Waals surface area contributed by atoms with Crippen LogP contribution in [0.2, 0.25) is 10.0 Å². The molecular weight excluding hydrogens is 259 g/mol. The van der Waals surface area contributed by atoms with Gasteiger partial charge in [0.2, 0.25) is 0 Å². The van der Waals surface area contributed by atoms with Crippen molar-refractivity contribution in [3.05, 3.63) is 40.7 Å². The summed E-state index contributed by atoms with van der Waals surface area (Å²) in [6.07, 6.45) is 0. The minimum atomic E-state index is 0.149. The molecule has 1 unspecified atom stereocenters. The number of benzene rings is 1. The van der Waals surface area contributed by atoms with E-state index in [-0.39, 0.29) is 5.92 Å². The summed E-state index contributed by atoms with van der Waals surface area (Å²) in [6.45, 7) is 3.94. The van der Waals surface area contributed by atoms with Gasteiger partial charge in [0.25, 0.3) is 0 Å². The summed E-state index contributed by atoms with van der Waals surface area (Å²) >= 11 is 15.2. The standard InChI is InChI=1S/C9H8BrCl2/c1-6(5-10)7-3-2-4-8(11)9(7)12/h2-4,6H,1,5H2. The van der Waals surface area contributed by atoms with E-state index in [1.54, 1.807) is 6.07 Å². The van der Waals surface area contributed by atoms with E-state index in [0.717, 1.165) is 10.9 Å². The van der Waals surface area contributed by atoms with Crippen molar-refractivity contribution in [3.63, 3.8) is 0 Å². The van der Waals surface area contributed by atoms with Crippen LogP contribution in [0.15, 0.2) is 18.2 Å². The van der Waals surface area contributed by atoms with Crippen molar-refractivity contribution in [2.75, 3.05) is 5.33 Å². The number of halogens is 3. The third-order valence-corrected chi connectivity index (χ3v) is 3.22. The predicted molar refractivity (Wildman–Crippen MR) is 58.4 cm³/mol. The molecule has 1 aromatic carbocycles. The van der Waals surface area contributed by atoms with Gasteiger partial charge in [0.15, 0.2) is 0 Å². The summed E-state index contributed by atoms with van der Waals surface area (Å²) in [5, 5.41) is 1.98. The monoisotopic (exact) mass is 265 g/mol. The summed E-state index contributed by atoms with van der Waals surface area (Å²) in [4.78, 5) is 0. The number of hydrogen-bond donors (Lipinski definition) is 0. The van der Waals surface area contributed by atoms with Crippen molar-refractivity contribution in [2.45, 2.75) is 5.92 Å². The van der Waals surface area contributed by atoms with Gasteiger partial charge in [-0.15, -0.1) is 0 Å². The van der Waals surface area contributed by atoms with E-state index in [1.807, 2.05) is 12.1 Å². The molecule has 3 heteroatoms. The Morgan fingerprint density at radius 1 is 1.42 bits per heavy atom. The van der Waals surface area contributed by atoms with Gasteiger partial charge in [-0.25, -0.2) is 0 Å². The zero-order valence-electron chi connectivity index (χ0n) is 6.36. The molecule has 0 aromatic heterocycles. The normalized spacial score (nSPS) is 13.0. The minimum absolute atomic E-state index is 0.149. The van der Waals surface area contributed by atoms with Crippen LogP contribution in [-0.4, -0.2) is 5.33 Å². The zero-order chi connectivity index (χ0) is 9.14. The van der Waals surface area contributed by atoms with E-state index in [4.69, 9.17) is 23.2 Å². The Bertz CT molecular complexity index is 273. The molecule has 0 N–H and O–H groups in total. The van der Waals surface area contributed by atoms with Gasteiger partial charge >= 0.3 is 0 Å². The Morgan fingerprint density at radius 3 is 2.67 bits per heavy atom. The fraction of sp³-hybridized carbons (Fsp3) is 0.222. The van der Waals surface area contributed by atoms with E-state index in [0.29, 0.717) is 10.0 Å². The van der Waals surface area contributed by atoms with Crippen LogP contribution in [0.3, 0.4) is 0 Å². The highest BCUT2D eigenvalue weighted by atomic mass is 79.9. The van der Waals surface area contributed by atoms with Crippen LogP contribution in [0.4, 0.5) is 0 Å². The topological polar surface area (TPSA) is 0 Å². The van der Waals surface area contributed by atoms with Gasteiger partial charge in [-0.1, -0.05) is 51.3 Å². The van der Waals surface area contributed by atoms with Gasteiger partial charge in [-0.3, -0.25) is 0 Å². The highest BCUT2D eigenvalue weighted by Crippen LogP contribution is 2.31. The van der Waals surface area contributed by atoms with Crippen molar-refractivity contribution >= 4 is 39.1 Å². The maximum absolute atomic E-state index is 5.97. The highest BCUT2D eigenvalue weighted by Gasteiger charge is 2.09. The average molecular weight is 267 g/mol. The Morgan fingerprint density at radius 2 is 2.08 bits per heavy atom. The first-order valence-corrected chi connectivity index (χ1v) is 5.37. The lowest BCUT2D eigenvalue weighted by molar-refractivity contribution is 0.989. The fourth-order valence-electron chi connectivity index (χ4n) is 0.919. The van der Waals surface area contributed by atoms with Crippen LogP contribution in [-0.2, 0) is 0 Å². The van der Waals surface area contributed by atoms with Crippen molar-refractivity contribution in [2.24, 2.45) is 0 Å². The van der Waals surface area contributed by atoms with Crippen molar-refractivity contribution in [1.29, 1.82) is 0 Å². The summed E-state index contributed by atoms with van der Waals surface area (Å²) in [7, 11) is 0. The molecule has 1 rings (SSSR count). The predicted octanol–water partition coefficient (Wildman–Crippen LogP) is 4.31. The Labute approximate surface area is 91.0 Å². The van der Waals surface area contributed by atoms with Crippen LogP contribution >= 0.6 is 39.1 Å². The third-order valence-electron chi connectivity index (χ3n) is 1.61. The van der Waals surface area contributed by atoms with E-state index in [1.165, 1.54) is 0 Å². The zero-order valence-corrected chi connectivity index (χ0v) is 9.46. The molecule has 0 saturated carbocycles. The molecule has 0 spiro atoms. The smallest absolute Gasteiger partial charge is 0.0627 e. The maximum atomic E-state index is 5.97. The summed E-state index contributed by atoms with van der Waals surface area (Å²) in [6, 6.07) is 5.59. The third kappa shape index (κ3) is 2.15. The molecule has 65 valence electrons. The van der Waals surface area contributed by atoms with E-state index < -0.39 is 0 Å². The van der Waals surface area contributed by atoms with Crippen molar-refractivity contribution < 1.29 is 0 Å². The first-order valence-electron chi connectivity index (χ1n) is 3.49. The highest BCUT2D eigenvalue weighted by molar-refractivity contribution is 9.09. The molecule has 0 saturated heterocycles. The first kappa shape index (κ1) is 10.4. The lowest BCUT2D eigenvalue weighted by Gasteiger charge is -2.10. The lowest BCUT2D eigenvalue weighted by Crippen LogP contribution is -1.95. The number of rotatable bonds is 2. The van der Waals surface area contributed by atoms with E-state index in [2.05, 4.69) is 22.9 Å². The number of hydrogen-bond acceptors (Lipinski definition) is 0. The summed E-state index contributed by atoms with van der Waals surface area (Å²) < 4.78 is 0.